The van der Waals surface area contributed by atoms with Crippen LogP contribution in [-0.4, -0.2) is 40.4 Å². The number of nitrogens with one attached hydrogen (secondary N) is 2. The molecule has 1 aromatic carbocycles. The zero-order valence-electron chi connectivity index (χ0n) is 16.5. The summed E-state index contributed by atoms with van der Waals surface area (Å²) in [6.45, 7) is 6.01. The molecule has 0 bridgehead atoms. The lowest BCUT2D eigenvalue weighted by atomic mass is 9.89. The zero-order valence-corrected chi connectivity index (χ0v) is 18.8. The van der Waals surface area contributed by atoms with Gasteiger partial charge in [0.15, 0.2) is 17.5 Å². The van der Waals surface area contributed by atoms with Crippen molar-refractivity contribution in [2.24, 2.45) is 10.4 Å². The SMILES string of the molecule is CCNC(=NCC1(C)CCCC1)Nc1cc(OC)c(OC)c(OC)c1.I. The number of methoxy groups -OCH3 is 3. The van der Waals surface area contributed by atoms with Gasteiger partial charge < -0.3 is 24.8 Å². The molecule has 0 aromatic heterocycles. The van der Waals surface area contributed by atoms with Crippen molar-refractivity contribution in [3.8, 4) is 17.2 Å². The highest BCUT2D eigenvalue weighted by atomic mass is 127. The Bertz CT molecular complexity index is 577. The van der Waals surface area contributed by atoms with Crippen molar-refractivity contribution in [1.82, 2.24) is 5.32 Å². The highest BCUT2D eigenvalue weighted by molar-refractivity contribution is 14.0. The summed E-state index contributed by atoms with van der Waals surface area (Å²) in [5.41, 5.74) is 1.16. The predicted octanol–water partition coefficient (Wildman–Crippen LogP) is 4.29. The number of hydrogen-bond donors (Lipinski definition) is 2. The average molecular weight is 477 g/mol. The maximum Gasteiger partial charge on any atom is 0.203 e. The van der Waals surface area contributed by atoms with E-state index in [9.17, 15) is 0 Å². The smallest absolute Gasteiger partial charge is 0.203 e. The molecule has 2 rings (SSSR count). The van der Waals surface area contributed by atoms with Crippen LogP contribution >= 0.6 is 24.0 Å². The number of anilines is 1. The number of ether oxygens (including phenoxy) is 3. The van der Waals surface area contributed by atoms with Crippen LogP contribution in [0.25, 0.3) is 0 Å². The van der Waals surface area contributed by atoms with Crippen molar-refractivity contribution in [3.05, 3.63) is 12.1 Å². The lowest BCUT2D eigenvalue weighted by Crippen LogP contribution is -2.32. The van der Waals surface area contributed by atoms with Crippen LogP contribution in [0.15, 0.2) is 17.1 Å². The lowest BCUT2D eigenvalue weighted by Gasteiger charge is -2.22. The molecule has 0 atom stereocenters. The summed E-state index contributed by atoms with van der Waals surface area (Å²) >= 11 is 0. The molecule has 1 saturated carbocycles. The second kappa shape index (κ2) is 10.7. The maximum absolute atomic E-state index is 5.41. The van der Waals surface area contributed by atoms with E-state index in [0.717, 1.165) is 24.7 Å². The van der Waals surface area contributed by atoms with Crippen LogP contribution in [0.5, 0.6) is 17.2 Å². The minimum absolute atomic E-state index is 0. The maximum atomic E-state index is 5.41. The van der Waals surface area contributed by atoms with Crippen molar-refractivity contribution in [1.29, 1.82) is 0 Å². The van der Waals surface area contributed by atoms with E-state index >= 15 is 0 Å². The van der Waals surface area contributed by atoms with Gasteiger partial charge in [0.05, 0.1) is 21.3 Å². The van der Waals surface area contributed by atoms with Gasteiger partial charge in [-0.3, -0.25) is 4.99 Å². The molecule has 1 aliphatic rings. The van der Waals surface area contributed by atoms with Crippen molar-refractivity contribution in [2.75, 3.05) is 39.7 Å². The van der Waals surface area contributed by atoms with E-state index in [1.54, 1.807) is 21.3 Å². The first-order chi connectivity index (χ1) is 12.0. The van der Waals surface area contributed by atoms with E-state index in [-0.39, 0.29) is 24.0 Å². The minimum Gasteiger partial charge on any atom is -0.493 e. The average Bonchev–Trinajstić information content (AvgIpc) is 3.06. The first-order valence-electron chi connectivity index (χ1n) is 8.90. The molecule has 148 valence electrons. The summed E-state index contributed by atoms with van der Waals surface area (Å²) < 4.78 is 16.2. The topological polar surface area (TPSA) is 64.1 Å². The van der Waals surface area contributed by atoms with Gasteiger partial charge in [0.2, 0.25) is 5.75 Å². The van der Waals surface area contributed by atoms with E-state index in [1.165, 1.54) is 25.7 Å². The third kappa shape index (κ3) is 5.82. The molecule has 6 nitrogen and oxygen atoms in total. The zero-order chi connectivity index (χ0) is 18.3. The number of benzene rings is 1. The summed E-state index contributed by atoms with van der Waals surface area (Å²) in [6, 6.07) is 3.76. The molecule has 0 heterocycles. The van der Waals surface area contributed by atoms with E-state index in [2.05, 4.69) is 24.5 Å². The summed E-state index contributed by atoms with van der Waals surface area (Å²) in [5, 5.41) is 6.65. The fourth-order valence-electron chi connectivity index (χ4n) is 3.25. The Morgan fingerprint density at radius 1 is 1.08 bits per heavy atom. The molecule has 0 spiro atoms. The molecule has 26 heavy (non-hydrogen) atoms. The van der Waals surface area contributed by atoms with Crippen molar-refractivity contribution in [2.45, 2.75) is 39.5 Å². The van der Waals surface area contributed by atoms with Crippen LogP contribution in [-0.2, 0) is 0 Å². The third-order valence-electron chi connectivity index (χ3n) is 4.70. The fraction of sp³-hybridized carbons (Fsp3) is 0.632. The molecule has 1 aromatic rings. The molecule has 1 aliphatic carbocycles. The minimum atomic E-state index is 0. The lowest BCUT2D eigenvalue weighted by molar-refractivity contribution is 0.324. The van der Waals surface area contributed by atoms with Gasteiger partial charge in [0, 0.05) is 30.9 Å². The van der Waals surface area contributed by atoms with Crippen molar-refractivity contribution < 1.29 is 14.2 Å². The van der Waals surface area contributed by atoms with Crippen LogP contribution < -0.4 is 24.8 Å². The highest BCUT2D eigenvalue weighted by Gasteiger charge is 2.28. The molecule has 0 saturated heterocycles. The Labute approximate surface area is 174 Å². The van der Waals surface area contributed by atoms with Crippen LogP contribution in [0.4, 0.5) is 5.69 Å². The van der Waals surface area contributed by atoms with Gasteiger partial charge in [0.25, 0.3) is 0 Å². The number of hydrogen-bond acceptors (Lipinski definition) is 4. The molecule has 0 radical (unpaired) electrons. The van der Waals surface area contributed by atoms with E-state index < -0.39 is 0 Å². The number of halogens is 1. The van der Waals surface area contributed by atoms with Gasteiger partial charge in [0.1, 0.15) is 0 Å². The Balaban J connectivity index is 0.00000338. The molecule has 0 amide bonds. The van der Waals surface area contributed by atoms with Gasteiger partial charge in [-0.25, -0.2) is 0 Å². The number of nitrogens with zero attached hydrogens (tertiary/aromatic N) is 1. The Morgan fingerprint density at radius 3 is 2.12 bits per heavy atom. The second-order valence-corrected chi connectivity index (χ2v) is 6.75. The van der Waals surface area contributed by atoms with Crippen LogP contribution in [0, 0.1) is 5.41 Å². The number of aliphatic imine (C=N–C) groups is 1. The van der Waals surface area contributed by atoms with E-state index in [0.29, 0.717) is 22.7 Å². The summed E-state index contributed by atoms with van der Waals surface area (Å²) in [7, 11) is 4.82. The molecule has 0 unspecified atom stereocenters. The van der Waals surface area contributed by atoms with Gasteiger partial charge in [-0.2, -0.15) is 0 Å². The quantitative estimate of drug-likeness (QED) is 0.349. The highest BCUT2D eigenvalue weighted by Crippen LogP contribution is 2.40. The van der Waals surface area contributed by atoms with Gasteiger partial charge in [-0.1, -0.05) is 19.8 Å². The van der Waals surface area contributed by atoms with Crippen molar-refractivity contribution in [3.63, 3.8) is 0 Å². The first-order valence-corrected chi connectivity index (χ1v) is 8.90. The Morgan fingerprint density at radius 2 is 1.65 bits per heavy atom. The third-order valence-corrected chi connectivity index (χ3v) is 4.70. The molecule has 7 heteroatoms. The molecular weight excluding hydrogens is 445 g/mol. The van der Waals surface area contributed by atoms with Gasteiger partial charge in [-0.05, 0) is 25.2 Å². The summed E-state index contributed by atoms with van der Waals surface area (Å²) in [4.78, 5) is 4.80. The van der Waals surface area contributed by atoms with Gasteiger partial charge in [-0.15, -0.1) is 24.0 Å². The Kier molecular flexibility index (Phi) is 9.32. The first kappa shape index (κ1) is 22.7. The number of rotatable bonds is 7. The second-order valence-electron chi connectivity index (χ2n) is 6.75. The predicted molar refractivity (Wildman–Crippen MR) is 118 cm³/mol. The van der Waals surface area contributed by atoms with Crippen LogP contribution in [0.2, 0.25) is 0 Å². The molecular formula is C19H32IN3O3. The summed E-state index contributed by atoms with van der Waals surface area (Å²) in [6.07, 6.45) is 5.12. The molecule has 0 aliphatic heterocycles. The van der Waals surface area contributed by atoms with Crippen LogP contribution in [0.1, 0.15) is 39.5 Å². The monoisotopic (exact) mass is 477 g/mol. The number of guanidine groups is 1. The largest absolute Gasteiger partial charge is 0.493 e. The fourth-order valence-corrected chi connectivity index (χ4v) is 3.25. The van der Waals surface area contributed by atoms with E-state index in [1.807, 2.05) is 12.1 Å². The van der Waals surface area contributed by atoms with Gasteiger partial charge >= 0.3 is 0 Å². The summed E-state index contributed by atoms with van der Waals surface area (Å²) in [5.74, 6) is 2.58. The standard InChI is InChI=1S/C19H31N3O3.HI/c1-6-20-18(21-13-19(2)9-7-8-10-19)22-14-11-15(23-3)17(25-5)16(12-14)24-4;/h11-12H,6-10,13H2,1-5H3,(H2,20,21,22);1H. The molecule has 1 fully saturated rings. The Hall–Kier alpha value is -1.38. The van der Waals surface area contributed by atoms with E-state index in [4.69, 9.17) is 19.2 Å². The van der Waals surface area contributed by atoms with Crippen LogP contribution in [0.3, 0.4) is 0 Å². The normalized spacial score (nSPS) is 15.8. The molecule has 2 N–H and O–H groups in total. The van der Waals surface area contributed by atoms with Crippen molar-refractivity contribution >= 4 is 35.6 Å².